The van der Waals surface area contributed by atoms with Gasteiger partial charge in [-0.2, -0.15) is 0 Å². The van der Waals surface area contributed by atoms with E-state index in [9.17, 15) is 45.6 Å². The van der Waals surface area contributed by atoms with Gasteiger partial charge in [-0.05, 0) is 70.6 Å². The van der Waals surface area contributed by atoms with Crippen LogP contribution in [0.3, 0.4) is 0 Å². The van der Waals surface area contributed by atoms with E-state index in [4.69, 9.17) is 18.9 Å². The molecule has 0 aliphatic carbocycles. The predicted octanol–water partition coefficient (Wildman–Crippen LogP) is 15.6. The Labute approximate surface area is 548 Å². The molecule has 14 heteroatoms. The molecule has 0 saturated carbocycles. The van der Waals surface area contributed by atoms with Crippen molar-refractivity contribution in [3.63, 3.8) is 0 Å². The molecule has 12 atom stereocenters. The lowest BCUT2D eigenvalue weighted by molar-refractivity contribution is -0.359. The summed E-state index contributed by atoms with van der Waals surface area (Å²) in [5.74, 6) is -0.206. The zero-order valence-electron chi connectivity index (χ0n) is 56.9. The highest BCUT2D eigenvalue weighted by atomic mass is 16.7. The van der Waals surface area contributed by atoms with Gasteiger partial charge in [0.25, 0.3) is 0 Å². The van der Waals surface area contributed by atoms with Crippen LogP contribution in [0.5, 0.6) is 0 Å². The average Bonchev–Trinajstić information content (AvgIpc) is 1.58. The molecule has 2 rings (SSSR count). The van der Waals surface area contributed by atoms with Gasteiger partial charge in [-0.1, -0.05) is 304 Å². The number of carbonyl (C=O) groups excluding carboxylic acids is 1. The third kappa shape index (κ3) is 43.2. The standard InChI is InChI=1S/C76H135NO13/c1-3-5-7-9-11-13-15-17-19-21-23-24-25-26-27-28-29-30-31-32-33-34-35-36-37-38-39-40-42-44-46-48-50-52-54-56-58-60-68(81)77-64(65(80)59-57-55-53-51-49-47-45-43-41-22-20-18-16-14-12-10-8-6-4-2)63-87-75-73(86)71(84)74(67(62-79)89-75)90-76-72(85)70(83)69(82)66(61-78)88-76/h5,7,11,13,17,19,23-24,26-27,29-30,32-33,64-67,69-76,78-80,82-86H,3-4,6,8-10,12,14-16,18,20-22,25,28,31,34-63H2,1-2H3,(H,77,81)/b7-5-,13-11-,19-17-,24-23-,27-26-,30-29-,33-32-. The van der Waals surface area contributed by atoms with E-state index in [-0.39, 0.29) is 12.5 Å². The lowest BCUT2D eigenvalue weighted by atomic mass is 9.97. The van der Waals surface area contributed by atoms with Gasteiger partial charge in [-0.25, -0.2) is 0 Å². The molecule has 2 aliphatic rings. The molecule has 14 nitrogen and oxygen atoms in total. The maximum Gasteiger partial charge on any atom is 0.220 e. The molecule has 90 heavy (non-hydrogen) atoms. The Balaban J connectivity index is 1.61. The van der Waals surface area contributed by atoms with Crippen molar-refractivity contribution in [3.8, 4) is 0 Å². The van der Waals surface area contributed by atoms with Gasteiger partial charge in [0.15, 0.2) is 12.6 Å². The van der Waals surface area contributed by atoms with Crippen molar-refractivity contribution in [1.29, 1.82) is 0 Å². The Morgan fingerprint density at radius 2 is 0.767 bits per heavy atom. The number of allylic oxidation sites excluding steroid dienone is 14. The van der Waals surface area contributed by atoms with Crippen molar-refractivity contribution in [1.82, 2.24) is 5.32 Å². The minimum absolute atomic E-state index is 0.206. The normalized spacial score (nSPS) is 23.4. The van der Waals surface area contributed by atoms with E-state index < -0.39 is 86.8 Å². The number of rotatable bonds is 60. The summed E-state index contributed by atoms with van der Waals surface area (Å²) in [5, 5.41) is 87.7. The predicted molar refractivity (Wildman–Crippen MR) is 369 cm³/mol. The second kappa shape index (κ2) is 59.9. The van der Waals surface area contributed by atoms with Crippen LogP contribution < -0.4 is 5.32 Å². The lowest BCUT2D eigenvalue weighted by Crippen LogP contribution is -2.65. The summed E-state index contributed by atoms with van der Waals surface area (Å²) >= 11 is 0. The van der Waals surface area contributed by atoms with Gasteiger partial charge < -0.3 is 65.1 Å². The van der Waals surface area contributed by atoms with Gasteiger partial charge in [0.05, 0.1) is 32.0 Å². The largest absolute Gasteiger partial charge is 0.394 e. The molecule has 2 aliphatic heterocycles. The van der Waals surface area contributed by atoms with E-state index >= 15 is 0 Å². The monoisotopic (exact) mass is 1270 g/mol. The van der Waals surface area contributed by atoms with E-state index in [1.807, 2.05) is 0 Å². The van der Waals surface area contributed by atoms with Gasteiger partial charge in [-0.15, -0.1) is 0 Å². The summed E-state index contributed by atoms with van der Waals surface area (Å²) in [5.41, 5.74) is 0. The first-order chi connectivity index (χ1) is 44.1. The van der Waals surface area contributed by atoms with Crippen LogP contribution in [0.15, 0.2) is 85.1 Å². The lowest BCUT2D eigenvalue weighted by Gasteiger charge is -2.46. The average molecular weight is 1270 g/mol. The highest BCUT2D eigenvalue weighted by Gasteiger charge is 2.51. The van der Waals surface area contributed by atoms with Crippen molar-refractivity contribution in [3.05, 3.63) is 85.1 Å². The first-order valence-electron chi connectivity index (χ1n) is 36.8. The number of ether oxygens (including phenoxy) is 4. The number of carbonyl (C=O) groups is 1. The highest BCUT2D eigenvalue weighted by Crippen LogP contribution is 2.30. The van der Waals surface area contributed by atoms with Crippen LogP contribution in [0, 0.1) is 0 Å². The molecular formula is C76H135NO13. The minimum atomic E-state index is -1.78. The Kier molecular flexibility index (Phi) is 55.4. The van der Waals surface area contributed by atoms with E-state index in [0.717, 1.165) is 96.3 Å². The molecule has 2 heterocycles. The number of hydrogen-bond acceptors (Lipinski definition) is 13. The maximum atomic E-state index is 13.4. The zero-order chi connectivity index (χ0) is 65.2. The number of nitrogens with one attached hydrogen (secondary N) is 1. The molecule has 12 unspecified atom stereocenters. The number of hydrogen-bond donors (Lipinski definition) is 9. The fourth-order valence-electron chi connectivity index (χ4n) is 11.8. The molecule has 2 fully saturated rings. The molecule has 0 radical (unpaired) electrons. The highest BCUT2D eigenvalue weighted by molar-refractivity contribution is 5.76. The van der Waals surface area contributed by atoms with Crippen LogP contribution in [0.1, 0.15) is 296 Å². The third-order valence-electron chi connectivity index (χ3n) is 17.6. The first kappa shape index (κ1) is 83.3. The first-order valence-corrected chi connectivity index (χ1v) is 36.8. The minimum Gasteiger partial charge on any atom is -0.394 e. The second-order valence-electron chi connectivity index (χ2n) is 25.7. The SMILES string of the molecule is CC/C=C\C/C=C\C/C=C\C/C=C\C/C=C\C/C=C\C/C=C\CCCCCCCCCCCCCCCCCC(=O)NC(COC1OC(CO)C(OC2OC(CO)C(O)C(O)C2O)C(O)C1O)C(O)CCCCCCCCCCCCCCCCCCCCC. The molecule has 0 aromatic carbocycles. The Bertz CT molecular complexity index is 1830. The molecule has 0 spiro atoms. The van der Waals surface area contributed by atoms with Crippen molar-refractivity contribution < 1.29 is 64.6 Å². The fraction of sp³-hybridized carbons (Fsp3) is 0.803. The zero-order valence-corrected chi connectivity index (χ0v) is 56.9. The van der Waals surface area contributed by atoms with Crippen LogP contribution in [-0.4, -0.2) is 140 Å². The Hall–Kier alpha value is -2.83. The quantitative estimate of drug-likeness (QED) is 0.0204. The summed E-state index contributed by atoms with van der Waals surface area (Å²) in [7, 11) is 0. The Morgan fingerprint density at radius 1 is 0.411 bits per heavy atom. The summed E-state index contributed by atoms with van der Waals surface area (Å²) in [6.45, 7) is 2.78. The van der Waals surface area contributed by atoms with Gasteiger partial charge in [0.1, 0.15) is 48.8 Å². The molecule has 0 bridgehead atoms. The van der Waals surface area contributed by atoms with Crippen LogP contribution in [0.25, 0.3) is 0 Å². The molecule has 2 saturated heterocycles. The molecule has 0 aromatic heterocycles. The van der Waals surface area contributed by atoms with Crippen molar-refractivity contribution in [2.75, 3.05) is 19.8 Å². The molecule has 1 amide bonds. The fourth-order valence-corrected chi connectivity index (χ4v) is 11.8. The van der Waals surface area contributed by atoms with Crippen LogP contribution in [0.4, 0.5) is 0 Å². The van der Waals surface area contributed by atoms with E-state index in [1.54, 1.807) is 0 Å². The van der Waals surface area contributed by atoms with Gasteiger partial charge in [-0.3, -0.25) is 4.79 Å². The van der Waals surface area contributed by atoms with E-state index in [1.165, 1.54) is 173 Å². The molecule has 522 valence electrons. The van der Waals surface area contributed by atoms with Crippen LogP contribution in [0.2, 0.25) is 0 Å². The van der Waals surface area contributed by atoms with Gasteiger partial charge in [0.2, 0.25) is 5.91 Å². The van der Waals surface area contributed by atoms with Gasteiger partial charge in [0, 0.05) is 6.42 Å². The van der Waals surface area contributed by atoms with Crippen molar-refractivity contribution in [2.24, 2.45) is 0 Å². The van der Waals surface area contributed by atoms with Crippen molar-refractivity contribution in [2.45, 2.75) is 370 Å². The van der Waals surface area contributed by atoms with Crippen LogP contribution >= 0.6 is 0 Å². The second-order valence-corrected chi connectivity index (χ2v) is 25.7. The summed E-state index contributed by atoms with van der Waals surface area (Å²) in [6, 6.07) is -0.833. The topological polar surface area (TPSA) is 228 Å². The Morgan fingerprint density at radius 3 is 1.18 bits per heavy atom. The van der Waals surface area contributed by atoms with E-state index in [0.29, 0.717) is 12.8 Å². The molecular weight excluding hydrogens is 1130 g/mol. The third-order valence-corrected chi connectivity index (χ3v) is 17.6. The van der Waals surface area contributed by atoms with Crippen LogP contribution in [-0.2, 0) is 23.7 Å². The van der Waals surface area contributed by atoms with Crippen molar-refractivity contribution >= 4 is 5.91 Å². The number of aliphatic hydroxyl groups excluding tert-OH is 8. The molecule has 9 N–H and O–H groups in total. The number of unbranched alkanes of at least 4 members (excludes halogenated alkanes) is 33. The number of aliphatic hydroxyl groups is 8. The summed E-state index contributed by atoms with van der Waals surface area (Å²) in [6.07, 6.45) is 66.0. The van der Waals surface area contributed by atoms with Gasteiger partial charge >= 0.3 is 0 Å². The number of amides is 1. The molecule has 0 aromatic rings. The summed E-state index contributed by atoms with van der Waals surface area (Å²) < 4.78 is 22.9. The summed E-state index contributed by atoms with van der Waals surface area (Å²) in [4.78, 5) is 13.4. The van der Waals surface area contributed by atoms with E-state index in [2.05, 4.69) is 104 Å². The maximum absolute atomic E-state index is 13.4. The smallest absolute Gasteiger partial charge is 0.220 e.